The molecule has 0 radical (unpaired) electrons. The third-order valence-electron chi connectivity index (χ3n) is 5.23. The van der Waals surface area contributed by atoms with E-state index in [9.17, 15) is 13.2 Å². The zero-order chi connectivity index (χ0) is 23.2. The summed E-state index contributed by atoms with van der Waals surface area (Å²) in [5, 5.41) is 3.09. The Morgan fingerprint density at radius 2 is 1.58 bits per heavy atom. The number of rotatable bonds is 5. The number of anilines is 3. The normalized spacial score (nSPS) is 14.2. The second-order valence-corrected chi connectivity index (χ2v) is 8.90. The molecule has 1 aromatic heterocycles. The van der Waals surface area contributed by atoms with Crippen LogP contribution in [0.4, 0.5) is 17.3 Å². The second kappa shape index (κ2) is 7.75. The molecule has 2 heterocycles. The maximum absolute atomic E-state index is 13.3. The third kappa shape index (κ3) is 3.31. The fourth-order valence-corrected chi connectivity index (χ4v) is 5.19. The van der Waals surface area contributed by atoms with Gasteiger partial charge >= 0.3 is 0 Å². The fourth-order valence-electron chi connectivity index (χ4n) is 3.64. The molecule has 0 bridgehead atoms. The molecular formula is C23H18N4O5S. The van der Waals surface area contributed by atoms with Crippen LogP contribution in [0.2, 0.25) is 0 Å². The highest BCUT2D eigenvalue weighted by molar-refractivity contribution is 7.94. The van der Waals surface area contributed by atoms with Crippen molar-refractivity contribution in [1.29, 1.82) is 0 Å². The summed E-state index contributed by atoms with van der Waals surface area (Å²) < 4.78 is 38.0. The maximum atomic E-state index is 13.3. The van der Waals surface area contributed by atoms with E-state index in [2.05, 4.69) is 15.3 Å². The molecule has 10 heteroatoms. The molecule has 0 saturated carbocycles. The van der Waals surface area contributed by atoms with Crippen molar-refractivity contribution in [2.24, 2.45) is 0 Å². The van der Waals surface area contributed by atoms with Crippen LogP contribution in [0.5, 0.6) is 11.5 Å². The molecule has 0 fully saturated rings. The number of amides is 1. The van der Waals surface area contributed by atoms with Gasteiger partial charge in [0.05, 0.1) is 36.5 Å². The number of aromatic nitrogens is 2. The van der Waals surface area contributed by atoms with Crippen LogP contribution < -0.4 is 19.1 Å². The molecular weight excluding hydrogens is 444 g/mol. The van der Waals surface area contributed by atoms with Gasteiger partial charge in [0.15, 0.2) is 11.6 Å². The van der Waals surface area contributed by atoms with Crippen LogP contribution >= 0.6 is 0 Å². The molecule has 0 unspecified atom stereocenters. The quantitative estimate of drug-likeness (QED) is 0.478. The third-order valence-corrected chi connectivity index (χ3v) is 6.96. The standard InChI is InChI=1S/C23H18N4O5S/c1-31-14-11-12-18(19(13-14)32-2)25-21-22(26-17-9-5-4-8-16(17)24-21)27-23(28)15-7-3-6-10-20(15)33(27,29)30/h3-13H,1-2H3,(H,24,25). The van der Waals surface area contributed by atoms with Crippen LogP contribution in [-0.4, -0.2) is 38.5 Å². The molecule has 0 aliphatic carbocycles. The summed E-state index contributed by atoms with van der Waals surface area (Å²) >= 11 is 0. The topological polar surface area (TPSA) is 111 Å². The number of para-hydroxylation sites is 2. The largest absolute Gasteiger partial charge is 0.497 e. The van der Waals surface area contributed by atoms with E-state index in [0.717, 1.165) is 0 Å². The fraction of sp³-hybridized carbons (Fsp3) is 0.0870. The van der Waals surface area contributed by atoms with E-state index >= 15 is 0 Å². The lowest BCUT2D eigenvalue weighted by atomic mass is 10.2. The summed E-state index contributed by atoms with van der Waals surface area (Å²) in [6.45, 7) is 0. The number of carbonyl (C=O) groups excluding carboxylic acids is 1. The number of nitrogens with zero attached hydrogens (tertiary/aromatic N) is 3. The van der Waals surface area contributed by atoms with Crippen molar-refractivity contribution in [1.82, 2.24) is 9.97 Å². The van der Waals surface area contributed by atoms with Gasteiger partial charge in [-0.15, -0.1) is 0 Å². The number of benzene rings is 3. The van der Waals surface area contributed by atoms with Crippen LogP contribution in [0.15, 0.2) is 71.6 Å². The minimum absolute atomic E-state index is 0.0714. The molecule has 1 aliphatic rings. The first-order valence-corrected chi connectivity index (χ1v) is 11.3. The van der Waals surface area contributed by atoms with Crippen LogP contribution in [0, 0.1) is 0 Å². The van der Waals surface area contributed by atoms with Gasteiger partial charge in [0, 0.05) is 6.07 Å². The smallest absolute Gasteiger partial charge is 0.275 e. The van der Waals surface area contributed by atoms with Crippen molar-refractivity contribution in [3.8, 4) is 11.5 Å². The molecule has 166 valence electrons. The van der Waals surface area contributed by atoms with Gasteiger partial charge in [0.1, 0.15) is 16.4 Å². The van der Waals surface area contributed by atoms with Gasteiger partial charge in [-0.1, -0.05) is 24.3 Å². The maximum Gasteiger partial charge on any atom is 0.275 e. The highest BCUT2D eigenvalue weighted by atomic mass is 32.2. The van der Waals surface area contributed by atoms with Crippen molar-refractivity contribution in [2.45, 2.75) is 4.90 Å². The molecule has 5 rings (SSSR count). The number of hydrogen-bond acceptors (Lipinski definition) is 8. The Morgan fingerprint density at radius 3 is 2.27 bits per heavy atom. The lowest BCUT2D eigenvalue weighted by molar-refractivity contribution is 0.101. The summed E-state index contributed by atoms with van der Waals surface area (Å²) in [6, 6.07) is 18.1. The Kier molecular flexibility index (Phi) is 4.86. The summed E-state index contributed by atoms with van der Waals surface area (Å²) in [5.41, 5.74) is 1.54. The van der Waals surface area contributed by atoms with Crippen molar-refractivity contribution < 1.29 is 22.7 Å². The Bertz CT molecular complexity index is 1520. The van der Waals surface area contributed by atoms with E-state index < -0.39 is 15.9 Å². The number of methoxy groups -OCH3 is 2. The van der Waals surface area contributed by atoms with E-state index in [-0.39, 0.29) is 22.1 Å². The number of nitrogens with one attached hydrogen (secondary N) is 1. The van der Waals surface area contributed by atoms with Crippen molar-refractivity contribution >= 4 is 44.3 Å². The number of carbonyl (C=O) groups is 1. The molecule has 3 aromatic carbocycles. The Labute approximate surface area is 189 Å². The molecule has 0 saturated heterocycles. The molecule has 0 spiro atoms. The first kappa shape index (κ1) is 20.7. The lowest BCUT2D eigenvalue weighted by Crippen LogP contribution is -2.31. The van der Waals surface area contributed by atoms with E-state index in [0.29, 0.717) is 32.5 Å². The molecule has 4 aromatic rings. The predicted molar refractivity (Wildman–Crippen MR) is 123 cm³/mol. The van der Waals surface area contributed by atoms with E-state index in [1.807, 2.05) is 0 Å². The zero-order valence-electron chi connectivity index (χ0n) is 17.6. The van der Waals surface area contributed by atoms with E-state index in [4.69, 9.17) is 9.47 Å². The Balaban J connectivity index is 1.71. The van der Waals surface area contributed by atoms with Gasteiger partial charge in [0.25, 0.3) is 15.9 Å². The molecule has 0 atom stereocenters. The Morgan fingerprint density at radius 1 is 0.879 bits per heavy atom. The minimum Gasteiger partial charge on any atom is -0.497 e. The van der Waals surface area contributed by atoms with E-state index in [1.165, 1.54) is 26.4 Å². The molecule has 1 aliphatic heterocycles. The Hall–Kier alpha value is -4.18. The first-order chi connectivity index (χ1) is 15.9. The van der Waals surface area contributed by atoms with Crippen LogP contribution in [-0.2, 0) is 10.0 Å². The van der Waals surface area contributed by atoms with Gasteiger partial charge < -0.3 is 14.8 Å². The monoisotopic (exact) mass is 462 g/mol. The zero-order valence-corrected chi connectivity index (χ0v) is 18.5. The summed E-state index contributed by atoms with van der Waals surface area (Å²) in [7, 11) is -1.13. The van der Waals surface area contributed by atoms with Crippen molar-refractivity contribution in [3.63, 3.8) is 0 Å². The van der Waals surface area contributed by atoms with Gasteiger partial charge in [-0.05, 0) is 36.4 Å². The summed E-state index contributed by atoms with van der Waals surface area (Å²) in [4.78, 5) is 22.2. The minimum atomic E-state index is -4.17. The van der Waals surface area contributed by atoms with Gasteiger partial charge in [-0.3, -0.25) is 4.79 Å². The average Bonchev–Trinajstić information content (AvgIpc) is 3.04. The second-order valence-electron chi connectivity index (χ2n) is 7.15. The number of sulfonamides is 1. The SMILES string of the molecule is COc1ccc(Nc2nc3ccccc3nc2N2C(=O)c3ccccc3S2(=O)=O)c(OC)c1. The molecule has 1 N–H and O–H groups in total. The highest BCUT2D eigenvalue weighted by Gasteiger charge is 2.44. The van der Waals surface area contributed by atoms with Crippen LogP contribution in [0.25, 0.3) is 11.0 Å². The molecule has 9 nitrogen and oxygen atoms in total. The molecule has 33 heavy (non-hydrogen) atoms. The van der Waals surface area contributed by atoms with E-state index in [1.54, 1.807) is 54.6 Å². The molecule has 1 amide bonds. The first-order valence-electron chi connectivity index (χ1n) is 9.88. The number of fused-ring (bicyclic) bond motifs is 2. The van der Waals surface area contributed by atoms with Gasteiger partial charge in [0.2, 0.25) is 0 Å². The van der Waals surface area contributed by atoms with Gasteiger partial charge in [-0.25, -0.2) is 18.4 Å². The highest BCUT2D eigenvalue weighted by Crippen LogP contribution is 2.39. The lowest BCUT2D eigenvalue weighted by Gasteiger charge is -2.19. The number of ether oxygens (including phenoxy) is 2. The predicted octanol–water partition coefficient (Wildman–Crippen LogP) is 3.74. The van der Waals surface area contributed by atoms with Gasteiger partial charge in [-0.2, -0.15) is 4.31 Å². The van der Waals surface area contributed by atoms with Crippen molar-refractivity contribution in [2.75, 3.05) is 23.8 Å². The van der Waals surface area contributed by atoms with Crippen LogP contribution in [0.3, 0.4) is 0 Å². The number of hydrogen-bond donors (Lipinski definition) is 1. The summed E-state index contributed by atoms with van der Waals surface area (Å²) in [6.07, 6.45) is 0. The van der Waals surface area contributed by atoms with Crippen molar-refractivity contribution in [3.05, 3.63) is 72.3 Å². The van der Waals surface area contributed by atoms with Crippen LogP contribution in [0.1, 0.15) is 10.4 Å². The average molecular weight is 462 g/mol. The summed E-state index contributed by atoms with van der Waals surface area (Å²) in [5.74, 6) is 0.277.